The molecule has 0 bridgehead atoms. The zero-order valence-electron chi connectivity index (χ0n) is 14.0. The van der Waals surface area contributed by atoms with E-state index in [0.717, 1.165) is 31.5 Å². The van der Waals surface area contributed by atoms with Crippen molar-refractivity contribution < 1.29 is 9.59 Å². The van der Waals surface area contributed by atoms with Crippen molar-refractivity contribution in [3.8, 4) is 0 Å². The van der Waals surface area contributed by atoms with Crippen molar-refractivity contribution in [2.24, 2.45) is 0 Å². The lowest BCUT2D eigenvalue weighted by atomic mass is 10.2. The molecular weight excluding hydrogens is 308 g/mol. The molecule has 7 heteroatoms. The molecular formula is C17H24N4O3. The predicted octanol–water partition coefficient (Wildman–Crippen LogP) is 0.810. The van der Waals surface area contributed by atoms with E-state index >= 15 is 0 Å². The summed E-state index contributed by atoms with van der Waals surface area (Å²) in [5.74, 6) is 0.415. The van der Waals surface area contributed by atoms with Crippen LogP contribution in [0, 0.1) is 0 Å². The molecule has 1 N–H and O–H groups in total. The van der Waals surface area contributed by atoms with Crippen molar-refractivity contribution in [2.45, 2.75) is 51.0 Å². The Balaban J connectivity index is 1.50. The maximum absolute atomic E-state index is 12.3. The molecule has 1 aromatic heterocycles. The van der Waals surface area contributed by atoms with E-state index < -0.39 is 6.04 Å². The largest absolute Gasteiger partial charge is 0.354 e. The Morgan fingerprint density at radius 3 is 2.83 bits per heavy atom. The minimum absolute atomic E-state index is 0.197. The van der Waals surface area contributed by atoms with Crippen LogP contribution in [0.25, 0.3) is 0 Å². The average molecular weight is 332 g/mol. The highest BCUT2D eigenvalue weighted by Crippen LogP contribution is 2.38. The van der Waals surface area contributed by atoms with E-state index in [2.05, 4.69) is 10.4 Å². The molecule has 1 aliphatic heterocycles. The van der Waals surface area contributed by atoms with Gasteiger partial charge in [-0.15, -0.1) is 0 Å². The van der Waals surface area contributed by atoms with Gasteiger partial charge in [-0.25, -0.2) is 4.68 Å². The number of likely N-dealkylation sites (tertiary alicyclic amines) is 1. The standard InChI is InChI=1S/C17H24N4O3/c1-12(21-16(23)8-7-14(19-21)13-5-6-13)17(24)18-9-3-11-20-10-2-4-15(20)22/h7-8,12-13H,2-6,9-11H2,1H3,(H,18,24). The van der Waals surface area contributed by atoms with Gasteiger partial charge in [0.1, 0.15) is 6.04 Å². The quantitative estimate of drug-likeness (QED) is 0.749. The van der Waals surface area contributed by atoms with Crippen molar-refractivity contribution in [3.63, 3.8) is 0 Å². The summed E-state index contributed by atoms with van der Waals surface area (Å²) in [4.78, 5) is 37.6. The summed E-state index contributed by atoms with van der Waals surface area (Å²) in [6.07, 6.45) is 4.47. The van der Waals surface area contributed by atoms with Gasteiger partial charge in [0.2, 0.25) is 11.8 Å². The number of carbonyl (C=O) groups excluding carboxylic acids is 2. The molecule has 130 valence electrons. The van der Waals surface area contributed by atoms with Crippen LogP contribution in [0.3, 0.4) is 0 Å². The van der Waals surface area contributed by atoms with Crippen LogP contribution >= 0.6 is 0 Å². The second-order valence-electron chi connectivity index (χ2n) is 6.62. The fraction of sp³-hybridized carbons (Fsp3) is 0.647. The first-order chi connectivity index (χ1) is 11.6. The molecule has 2 amide bonds. The number of hydrogen-bond acceptors (Lipinski definition) is 4. The Morgan fingerprint density at radius 1 is 1.38 bits per heavy atom. The Morgan fingerprint density at radius 2 is 2.17 bits per heavy atom. The molecule has 2 fully saturated rings. The molecule has 2 aliphatic rings. The van der Waals surface area contributed by atoms with Gasteiger partial charge in [-0.2, -0.15) is 5.10 Å². The van der Waals surface area contributed by atoms with Gasteiger partial charge in [0, 0.05) is 38.0 Å². The average Bonchev–Trinajstić information content (AvgIpc) is 3.34. The Labute approximate surface area is 141 Å². The van der Waals surface area contributed by atoms with Crippen LogP contribution in [-0.4, -0.2) is 46.1 Å². The first-order valence-corrected chi connectivity index (χ1v) is 8.71. The summed E-state index contributed by atoms with van der Waals surface area (Å²) in [6, 6.07) is 2.61. The summed E-state index contributed by atoms with van der Waals surface area (Å²) in [6.45, 7) is 3.66. The molecule has 1 saturated carbocycles. The van der Waals surface area contributed by atoms with Gasteiger partial charge in [0.05, 0.1) is 5.69 Å². The maximum atomic E-state index is 12.3. The first-order valence-electron chi connectivity index (χ1n) is 8.71. The van der Waals surface area contributed by atoms with E-state index in [-0.39, 0.29) is 17.4 Å². The van der Waals surface area contributed by atoms with Gasteiger partial charge >= 0.3 is 0 Å². The lowest BCUT2D eigenvalue weighted by Crippen LogP contribution is -2.38. The van der Waals surface area contributed by atoms with Crippen molar-refractivity contribution in [3.05, 3.63) is 28.2 Å². The van der Waals surface area contributed by atoms with E-state index in [4.69, 9.17) is 0 Å². The second-order valence-corrected chi connectivity index (χ2v) is 6.62. The molecule has 0 aromatic carbocycles. The SMILES string of the molecule is CC(C(=O)NCCCN1CCCC1=O)n1nc(C2CC2)ccc1=O. The van der Waals surface area contributed by atoms with Gasteiger partial charge in [-0.05, 0) is 38.7 Å². The van der Waals surface area contributed by atoms with Gasteiger partial charge in [0.15, 0.2) is 0 Å². The smallest absolute Gasteiger partial charge is 0.267 e. The number of amides is 2. The Bertz CT molecular complexity index is 681. The van der Waals surface area contributed by atoms with Crippen LogP contribution in [0.5, 0.6) is 0 Å². The first kappa shape index (κ1) is 16.7. The summed E-state index contributed by atoms with van der Waals surface area (Å²) in [5, 5.41) is 7.18. The summed E-state index contributed by atoms with van der Waals surface area (Å²) < 4.78 is 1.27. The van der Waals surface area contributed by atoms with Crippen molar-refractivity contribution >= 4 is 11.8 Å². The lowest BCUT2D eigenvalue weighted by molar-refractivity contribution is -0.127. The Kier molecular flexibility index (Phi) is 4.97. The monoisotopic (exact) mass is 332 g/mol. The Hall–Kier alpha value is -2.18. The number of nitrogens with zero attached hydrogens (tertiary/aromatic N) is 3. The molecule has 7 nitrogen and oxygen atoms in total. The zero-order valence-corrected chi connectivity index (χ0v) is 14.0. The predicted molar refractivity (Wildman–Crippen MR) is 88.6 cm³/mol. The molecule has 1 saturated heterocycles. The van der Waals surface area contributed by atoms with Crippen molar-refractivity contribution in [2.75, 3.05) is 19.6 Å². The number of nitrogens with one attached hydrogen (secondary N) is 1. The highest BCUT2D eigenvalue weighted by atomic mass is 16.2. The van der Waals surface area contributed by atoms with Crippen LogP contribution in [0.4, 0.5) is 0 Å². The second kappa shape index (κ2) is 7.15. The summed E-state index contributed by atoms with van der Waals surface area (Å²) in [5.41, 5.74) is 0.631. The van der Waals surface area contributed by atoms with Crippen LogP contribution in [-0.2, 0) is 9.59 Å². The van der Waals surface area contributed by atoms with E-state index in [1.165, 1.54) is 10.7 Å². The fourth-order valence-electron chi connectivity index (χ4n) is 3.00. The topological polar surface area (TPSA) is 84.3 Å². The van der Waals surface area contributed by atoms with Crippen LogP contribution in [0.1, 0.15) is 56.7 Å². The van der Waals surface area contributed by atoms with Crippen molar-refractivity contribution in [1.82, 2.24) is 20.0 Å². The van der Waals surface area contributed by atoms with Gasteiger partial charge in [0.25, 0.3) is 5.56 Å². The third-order valence-electron chi connectivity index (χ3n) is 4.66. The molecule has 3 rings (SSSR count). The summed E-state index contributed by atoms with van der Waals surface area (Å²) in [7, 11) is 0. The third kappa shape index (κ3) is 3.83. The lowest BCUT2D eigenvalue weighted by Gasteiger charge is -2.17. The van der Waals surface area contributed by atoms with Gasteiger partial charge in [-0.3, -0.25) is 14.4 Å². The van der Waals surface area contributed by atoms with E-state index in [0.29, 0.717) is 31.8 Å². The number of carbonyl (C=O) groups is 2. The molecule has 0 spiro atoms. The minimum atomic E-state index is -0.635. The zero-order chi connectivity index (χ0) is 17.1. The van der Waals surface area contributed by atoms with Crippen LogP contribution in [0.15, 0.2) is 16.9 Å². The van der Waals surface area contributed by atoms with E-state index in [1.54, 1.807) is 13.0 Å². The molecule has 1 aliphatic carbocycles. The van der Waals surface area contributed by atoms with Gasteiger partial charge in [-0.1, -0.05) is 0 Å². The maximum Gasteiger partial charge on any atom is 0.267 e. The molecule has 1 aromatic rings. The summed E-state index contributed by atoms with van der Waals surface area (Å²) >= 11 is 0. The van der Waals surface area contributed by atoms with Crippen molar-refractivity contribution in [1.29, 1.82) is 0 Å². The third-order valence-corrected chi connectivity index (χ3v) is 4.66. The van der Waals surface area contributed by atoms with E-state index in [1.807, 2.05) is 4.90 Å². The fourth-order valence-corrected chi connectivity index (χ4v) is 3.00. The molecule has 2 heterocycles. The number of hydrogen-bond donors (Lipinski definition) is 1. The molecule has 0 radical (unpaired) electrons. The molecule has 1 atom stereocenters. The molecule has 1 unspecified atom stereocenters. The van der Waals surface area contributed by atoms with E-state index in [9.17, 15) is 14.4 Å². The van der Waals surface area contributed by atoms with Crippen LogP contribution < -0.4 is 10.9 Å². The normalized spacial score (nSPS) is 18.7. The number of aromatic nitrogens is 2. The highest BCUT2D eigenvalue weighted by Gasteiger charge is 2.27. The number of rotatable bonds is 7. The van der Waals surface area contributed by atoms with Crippen LogP contribution in [0.2, 0.25) is 0 Å². The highest BCUT2D eigenvalue weighted by molar-refractivity contribution is 5.79. The minimum Gasteiger partial charge on any atom is -0.354 e. The van der Waals surface area contributed by atoms with Gasteiger partial charge < -0.3 is 10.2 Å². The molecule has 24 heavy (non-hydrogen) atoms.